The first-order chi connectivity index (χ1) is 9.22. The number of rotatable bonds is 4. The van der Waals surface area contributed by atoms with Gasteiger partial charge < -0.3 is 24.8 Å². The van der Waals surface area contributed by atoms with E-state index in [-0.39, 0.29) is 19.4 Å². The maximum absolute atomic E-state index is 10.5. The van der Waals surface area contributed by atoms with Gasteiger partial charge in [-0.2, -0.15) is 0 Å². The van der Waals surface area contributed by atoms with E-state index in [1.54, 1.807) is 0 Å². The molecule has 1 saturated heterocycles. The van der Waals surface area contributed by atoms with Crippen LogP contribution in [0.2, 0.25) is 0 Å². The highest BCUT2D eigenvalue weighted by molar-refractivity contribution is 5.69. The summed E-state index contributed by atoms with van der Waals surface area (Å²) in [6, 6.07) is 6.12. The van der Waals surface area contributed by atoms with Crippen molar-refractivity contribution >= 4 is 11.7 Å². The Morgan fingerprint density at radius 2 is 2.26 bits per heavy atom. The predicted octanol–water partition coefficient (Wildman–Crippen LogP) is 0.668. The molecule has 0 amide bonds. The number of ether oxygens (including phenoxy) is 2. The van der Waals surface area contributed by atoms with E-state index < -0.39 is 5.97 Å². The van der Waals surface area contributed by atoms with Crippen LogP contribution in [0.25, 0.3) is 0 Å². The van der Waals surface area contributed by atoms with E-state index >= 15 is 0 Å². The topological polar surface area (TPSA) is 71.0 Å². The second kappa shape index (κ2) is 4.97. The van der Waals surface area contributed by atoms with Crippen molar-refractivity contribution in [3.63, 3.8) is 0 Å². The van der Waals surface area contributed by atoms with Crippen LogP contribution in [0.1, 0.15) is 6.42 Å². The van der Waals surface area contributed by atoms with Gasteiger partial charge in [-0.25, -0.2) is 0 Å². The van der Waals surface area contributed by atoms with Crippen molar-refractivity contribution in [1.82, 2.24) is 5.32 Å². The lowest BCUT2D eigenvalue weighted by atomic mass is 10.2. The summed E-state index contributed by atoms with van der Waals surface area (Å²) in [6.07, 6.45) is 0.946. The Balaban J connectivity index is 1.63. The number of nitrogens with zero attached hydrogens (tertiary/aromatic N) is 1. The van der Waals surface area contributed by atoms with Crippen LogP contribution in [-0.2, 0) is 4.79 Å². The smallest absolute Gasteiger partial charge is 0.317 e. The van der Waals surface area contributed by atoms with Gasteiger partial charge in [0.25, 0.3) is 0 Å². The van der Waals surface area contributed by atoms with E-state index in [1.165, 1.54) is 0 Å². The summed E-state index contributed by atoms with van der Waals surface area (Å²) in [4.78, 5) is 12.8. The van der Waals surface area contributed by atoms with Gasteiger partial charge in [-0.15, -0.1) is 0 Å². The number of carboxylic acid groups (broad SMARTS) is 1. The number of benzene rings is 1. The molecule has 2 heterocycles. The van der Waals surface area contributed by atoms with Crippen LogP contribution >= 0.6 is 0 Å². The molecule has 2 aliphatic heterocycles. The minimum atomic E-state index is -0.818. The third-order valence-corrected chi connectivity index (χ3v) is 3.45. The van der Waals surface area contributed by atoms with Crippen LogP contribution < -0.4 is 19.7 Å². The van der Waals surface area contributed by atoms with Crippen molar-refractivity contribution in [1.29, 1.82) is 0 Å². The highest BCUT2D eigenvalue weighted by atomic mass is 16.7. The van der Waals surface area contributed by atoms with E-state index in [1.807, 2.05) is 18.2 Å². The zero-order valence-corrected chi connectivity index (χ0v) is 10.5. The van der Waals surface area contributed by atoms with Crippen LogP contribution in [-0.4, -0.2) is 43.5 Å². The summed E-state index contributed by atoms with van der Waals surface area (Å²) in [7, 11) is 0. The molecule has 0 radical (unpaired) electrons. The minimum absolute atomic E-state index is 0.0135. The summed E-state index contributed by atoms with van der Waals surface area (Å²) in [5, 5.41) is 11.7. The van der Waals surface area contributed by atoms with Crippen LogP contribution in [0.4, 0.5) is 5.69 Å². The number of nitrogens with one attached hydrogen (secondary N) is 1. The summed E-state index contributed by atoms with van der Waals surface area (Å²) in [5.74, 6) is 0.740. The van der Waals surface area contributed by atoms with Gasteiger partial charge in [0.1, 0.15) is 0 Å². The molecule has 1 unspecified atom stereocenters. The molecule has 2 aliphatic rings. The van der Waals surface area contributed by atoms with Crippen LogP contribution in [0.15, 0.2) is 18.2 Å². The van der Waals surface area contributed by atoms with Gasteiger partial charge >= 0.3 is 5.97 Å². The molecule has 0 spiro atoms. The Bertz CT molecular complexity index is 492. The number of carbonyl (C=O) groups is 1. The number of fused-ring (bicyclic) bond motifs is 1. The maximum atomic E-state index is 10.5. The first-order valence-corrected chi connectivity index (χ1v) is 6.32. The molecule has 0 aliphatic carbocycles. The highest BCUT2D eigenvalue weighted by Gasteiger charge is 2.24. The fourth-order valence-electron chi connectivity index (χ4n) is 2.47. The lowest BCUT2D eigenvalue weighted by Crippen LogP contribution is -2.35. The normalized spacial score (nSPS) is 20.8. The summed E-state index contributed by atoms with van der Waals surface area (Å²) >= 11 is 0. The van der Waals surface area contributed by atoms with Crippen molar-refractivity contribution in [3.8, 4) is 11.5 Å². The van der Waals surface area contributed by atoms with Gasteiger partial charge in [-0.1, -0.05) is 0 Å². The maximum Gasteiger partial charge on any atom is 0.317 e. The van der Waals surface area contributed by atoms with Gasteiger partial charge in [0, 0.05) is 30.9 Å². The molecule has 19 heavy (non-hydrogen) atoms. The number of hydrogen-bond acceptors (Lipinski definition) is 5. The third-order valence-electron chi connectivity index (χ3n) is 3.45. The second-order valence-electron chi connectivity index (χ2n) is 4.74. The Morgan fingerprint density at radius 1 is 1.42 bits per heavy atom. The first kappa shape index (κ1) is 12.1. The van der Waals surface area contributed by atoms with Gasteiger partial charge in [-0.05, 0) is 18.6 Å². The van der Waals surface area contributed by atoms with E-state index in [9.17, 15) is 4.79 Å². The Kier molecular flexibility index (Phi) is 3.16. The quantitative estimate of drug-likeness (QED) is 0.833. The van der Waals surface area contributed by atoms with E-state index in [0.29, 0.717) is 0 Å². The zero-order chi connectivity index (χ0) is 13.2. The van der Waals surface area contributed by atoms with Gasteiger partial charge in [0.15, 0.2) is 11.5 Å². The number of hydrogen-bond donors (Lipinski definition) is 2. The molecule has 0 aromatic heterocycles. The summed E-state index contributed by atoms with van der Waals surface area (Å²) in [5.41, 5.74) is 1.09. The molecule has 1 fully saturated rings. The van der Waals surface area contributed by atoms with E-state index in [0.717, 1.165) is 36.7 Å². The third kappa shape index (κ3) is 2.58. The highest BCUT2D eigenvalue weighted by Crippen LogP contribution is 2.36. The van der Waals surface area contributed by atoms with Crippen molar-refractivity contribution in [2.24, 2.45) is 0 Å². The fourth-order valence-corrected chi connectivity index (χ4v) is 2.47. The molecular weight excluding hydrogens is 248 g/mol. The Morgan fingerprint density at radius 3 is 3.11 bits per heavy atom. The molecule has 0 bridgehead atoms. The lowest BCUT2D eigenvalue weighted by molar-refractivity contribution is -0.136. The minimum Gasteiger partial charge on any atom is -0.480 e. The van der Waals surface area contributed by atoms with Crippen LogP contribution in [0.5, 0.6) is 11.5 Å². The lowest BCUT2D eigenvalue weighted by Gasteiger charge is -2.19. The number of carboxylic acids is 1. The Hall–Kier alpha value is -1.95. The van der Waals surface area contributed by atoms with Crippen molar-refractivity contribution in [2.45, 2.75) is 12.5 Å². The van der Waals surface area contributed by atoms with Crippen molar-refractivity contribution in [3.05, 3.63) is 18.2 Å². The fraction of sp³-hybridized carbons (Fsp3) is 0.462. The largest absolute Gasteiger partial charge is 0.480 e. The monoisotopic (exact) mass is 264 g/mol. The van der Waals surface area contributed by atoms with Gasteiger partial charge in [0.05, 0.1) is 6.54 Å². The summed E-state index contributed by atoms with van der Waals surface area (Å²) < 4.78 is 10.6. The van der Waals surface area contributed by atoms with Gasteiger partial charge in [-0.3, -0.25) is 4.79 Å². The van der Waals surface area contributed by atoms with Crippen LogP contribution in [0, 0.1) is 0 Å². The van der Waals surface area contributed by atoms with E-state index in [4.69, 9.17) is 14.6 Å². The molecule has 102 valence electrons. The van der Waals surface area contributed by atoms with E-state index in [2.05, 4.69) is 10.2 Å². The molecule has 6 nitrogen and oxygen atoms in total. The molecule has 1 atom stereocenters. The molecule has 1 aromatic rings. The summed E-state index contributed by atoms with van der Waals surface area (Å²) in [6.45, 7) is 2.02. The molecule has 3 rings (SSSR count). The zero-order valence-electron chi connectivity index (χ0n) is 10.5. The molecule has 1 aromatic carbocycles. The van der Waals surface area contributed by atoms with Gasteiger partial charge in [0.2, 0.25) is 6.79 Å². The van der Waals surface area contributed by atoms with Crippen molar-refractivity contribution in [2.75, 3.05) is 31.3 Å². The average Bonchev–Trinajstić information content (AvgIpc) is 3.04. The first-order valence-electron chi connectivity index (χ1n) is 6.32. The van der Waals surface area contributed by atoms with Crippen LogP contribution in [0.3, 0.4) is 0 Å². The standard InChI is InChI=1S/C13H16N2O4/c16-13(17)6-14-9-3-4-15(7-9)10-1-2-11-12(5-10)19-8-18-11/h1-2,5,9,14H,3-4,6-8H2,(H,16,17). The molecule has 2 N–H and O–H groups in total. The average molecular weight is 264 g/mol. The predicted molar refractivity (Wildman–Crippen MR) is 68.8 cm³/mol. The number of aliphatic carboxylic acids is 1. The number of anilines is 1. The van der Waals surface area contributed by atoms with Crippen molar-refractivity contribution < 1.29 is 19.4 Å². The SMILES string of the molecule is O=C(O)CNC1CCN(c2ccc3c(c2)OCO3)C1. The second-order valence-corrected chi connectivity index (χ2v) is 4.74. The Labute approximate surface area is 110 Å². The molecular formula is C13H16N2O4. The molecule has 6 heteroatoms. The molecule has 0 saturated carbocycles.